The minimum atomic E-state index is -0.0701. The Bertz CT molecular complexity index is 2840. The number of rotatable bonds is 6. The third-order valence-electron chi connectivity index (χ3n) is 10.7. The molecule has 9 aromatic rings. The first kappa shape index (κ1) is 31.7. The largest absolute Gasteiger partial charge is 0.292 e. The maximum atomic E-state index is 5.13. The van der Waals surface area contributed by atoms with Gasteiger partial charge in [-0.1, -0.05) is 153 Å². The Kier molecular flexibility index (Phi) is 7.41. The SMILES string of the molecule is CC1(C)c2ccccc2-c2cc(-c3nc(-c4ccccc4)nc(-c4cccc(-c5ccc(-c6nc7ccccc7n6-c6ccccc6)cc5)c4)n3)ccc21. The van der Waals surface area contributed by atoms with Gasteiger partial charge in [-0.05, 0) is 69.8 Å². The molecule has 7 aromatic carbocycles. The summed E-state index contributed by atoms with van der Waals surface area (Å²) in [6.45, 7) is 4.60. The smallest absolute Gasteiger partial charge is 0.164 e. The fourth-order valence-corrected chi connectivity index (χ4v) is 7.92. The third kappa shape index (κ3) is 5.32. The summed E-state index contributed by atoms with van der Waals surface area (Å²) >= 11 is 0. The van der Waals surface area contributed by atoms with Crippen LogP contribution in [0.4, 0.5) is 0 Å². The molecule has 54 heavy (non-hydrogen) atoms. The van der Waals surface area contributed by atoms with Crippen LogP contribution in [0.1, 0.15) is 25.0 Å². The van der Waals surface area contributed by atoms with Gasteiger partial charge in [-0.15, -0.1) is 0 Å². The summed E-state index contributed by atoms with van der Waals surface area (Å²) in [6, 6.07) is 61.3. The summed E-state index contributed by atoms with van der Waals surface area (Å²) < 4.78 is 2.23. The summed E-state index contributed by atoms with van der Waals surface area (Å²) in [6.07, 6.45) is 0. The standard InChI is InChI=1S/C49H35N5/c1-49(2)41-21-10-9-20-39(41)40-31-37(28-29-42(40)49)47-52-45(33-14-5-3-6-15-33)51-46(53-47)36-17-13-16-35(30-36)32-24-26-34(27-25-32)48-50-43-22-11-12-23-44(43)54(48)38-18-7-4-8-19-38/h3-31H,1-2H3. The van der Waals surface area contributed by atoms with E-state index in [-0.39, 0.29) is 5.41 Å². The molecule has 5 nitrogen and oxygen atoms in total. The van der Waals surface area contributed by atoms with Gasteiger partial charge in [-0.3, -0.25) is 4.57 Å². The topological polar surface area (TPSA) is 56.5 Å². The van der Waals surface area contributed by atoms with Gasteiger partial charge in [0.05, 0.1) is 11.0 Å². The first-order chi connectivity index (χ1) is 26.5. The fourth-order valence-electron chi connectivity index (χ4n) is 7.92. The second-order valence-electron chi connectivity index (χ2n) is 14.4. The third-order valence-corrected chi connectivity index (χ3v) is 10.7. The van der Waals surface area contributed by atoms with Crippen molar-refractivity contribution in [1.29, 1.82) is 0 Å². The molecule has 0 fully saturated rings. The Morgan fingerprint density at radius 1 is 0.389 bits per heavy atom. The van der Waals surface area contributed by atoms with E-state index in [1.807, 2.05) is 30.3 Å². The van der Waals surface area contributed by atoms with E-state index in [9.17, 15) is 0 Å². The van der Waals surface area contributed by atoms with E-state index in [1.54, 1.807) is 0 Å². The van der Waals surface area contributed by atoms with E-state index in [0.717, 1.165) is 55.9 Å². The number of benzene rings is 7. The van der Waals surface area contributed by atoms with Gasteiger partial charge < -0.3 is 0 Å². The number of para-hydroxylation sites is 3. The van der Waals surface area contributed by atoms with Crippen LogP contribution in [0, 0.1) is 0 Å². The van der Waals surface area contributed by atoms with Crippen LogP contribution >= 0.6 is 0 Å². The maximum Gasteiger partial charge on any atom is 0.164 e. The van der Waals surface area contributed by atoms with Crippen LogP contribution in [0.25, 0.3) is 84.5 Å². The molecule has 5 heteroatoms. The van der Waals surface area contributed by atoms with Crippen LogP contribution in [0.5, 0.6) is 0 Å². The maximum absolute atomic E-state index is 5.13. The van der Waals surface area contributed by atoms with Gasteiger partial charge in [0.15, 0.2) is 17.5 Å². The summed E-state index contributed by atoms with van der Waals surface area (Å²) in [4.78, 5) is 20.3. The van der Waals surface area contributed by atoms with Gasteiger partial charge in [-0.25, -0.2) is 19.9 Å². The van der Waals surface area contributed by atoms with Crippen LogP contribution in [-0.2, 0) is 5.41 Å². The van der Waals surface area contributed by atoms with Crippen molar-refractivity contribution in [1.82, 2.24) is 24.5 Å². The van der Waals surface area contributed by atoms with E-state index < -0.39 is 0 Å². The lowest BCUT2D eigenvalue weighted by molar-refractivity contribution is 0.660. The normalized spacial score (nSPS) is 12.8. The van der Waals surface area contributed by atoms with Gasteiger partial charge in [0.1, 0.15) is 5.82 Å². The number of hydrogen-bond donors (Lipinski definition) is 0. The van der Waals surface area contributed by atoms with Gasteiger partial charge in [0.25, 0.3) is 0 Å². The molecule has 0 amide bonds. The Morgan fingerprint density at radius 2 is 0.944 bits per heavy atom. The molecule has 0 bridgehead atoms. The molecular formula is C49H35N5. The molecule has 0 aliphatic heterocycles. The van der Waals surface area contributed by atoms with Crippen molar-refractivity contribution in [3.8, 4) is 73.5 Å². The Hall–Kier alpha value is -6.98. The quantitative estimate of drug-likeness (QED) is 0.174. The van der Waals surface area contributed by atoms with Crippen molar-refractivity contribution in [3.05, 3.63) is 187 Å². The lowest BCUT2D eigenvalue weighted by Crippen LogP contribution is -2.14. The van der Waals surface area contributed by atoms with Crippen LogP contribution in [0.2, 0.25) is 0 Å². The minimum Gasteiger partial charge on any atom is -0.292 e. The molecule has 256 valence electrons. The lowest BCUT2D eigenvalue weighted by Gasteiger charge is -2.21. The predicted molar refractivity (Wildman–Crippen MR) is 219 cm³/mol. The van der Waals surface area contributed by atoms with Crippen LogP contribution < -0.4 is 0 Å². The van der Waals surface area contributed by atoms with E-state index in [2.05, 4.69) is 164 Å². The molecule has 2 aromatic heterocycles. The van der Waals surface area contributed by atoms with Crippen molar-refractivity contribution < 1.29 is 0 Å². The molecule has 0 N–H and O–H groups in total. The highest BCUT2D eigenvalue weighted by molar-refractivity contribution is 5.85. The molecule has 0 radical (unpaired) electrons. The predicted octanol–water partition coefficient (Wildman–Crippen LogP) is 11.9. The highest BCUT2D eigenvalue weighted by atomic mass is 15.1. The molecule has 1 aliphatic carbocycles. The zero-order valence-corrected chi connectivity index (χ0v) is 30.0. The van der Waals surface area contributed by atoms with Crippen molar-refractivity contribution in [2.75, 3.05) is 0 Å². The number of aromatic nitrogens is 5. The fraction of sp³-hybridized carbons (Fsp3) is 0.0612. The Morgan fingerprint density at radius 3 is 1.72 bits per heavy atom. The molecule has 2 heterocycles. The van der Waals surface area contributed by atoms with Crippen molar-refractivity contribution in [2.45, 2.75) is 19.3 Å². The average molecular weight is 694 g/mol. The monoisotopic (exact) mass is 693 g/mol. The van der Waals surface area contributed by atoms with Crippen LogP contribution in [0.15, 0.2) is 176 Å². The molecule has 0 spiro atoms. The molecular weight excluding hydrogens is 659 g/mol. The van der Waals surface area contributed by atoms with E-state index >= 15 is 0 Å². The molecule has 1 aliphatic rings. The Balaban J connectivity index is 1.04. The number of nitrogens with zero attached hydrogens (tertiary/aromatic N) is 5. The van der Waals surface area contributed by atoms with Crippen molar-refractivity contribution in [3.63, 3.8) is 0 Å². The molecule has 0 saturated heterocycles. The summed E-state index contributed by atoms with van der Waals surface area (Å²) in [5.41, 5.74) is 14.3. The van der Waals surface area contributed by atoms with E-state index in [1.165, 1.54) is 22.3 Å². The van der Waals surface area contributed by atoms with Gasteiger partial charge >= 0.3 is 0 Å². The van der Waals surface area contributed by atoms with E-state index in [0.29, 0.717) is 17.5 Å². The molecule has 0 atom stereocenters. The van der Waals surface area contributed by atoms with Gasteiger partial charge in [-0.2, -0.15) is 0 Å². The average Bonchev–Trinajstić information content (AvgIpc) is 3.74. The van der Waals surface area contributed by atoms with Gasteiger partial charge in [0.2, 0.25) is 0 Å². The second-order valence-corrected chi connectivity index (χ2v) is 14.4. The number of fused-ring (bicyclic) bond motifs is 4. The first-order valence-corrected chi connectivity index (χ1v) is 18.3. The zero-order chi connectivity index (χ0) is 36.2. The molecule has 0 unspecified atom stereocenters. The highest BCUT2D eigenvalue weighted by Gasteiger charge is 2.35. The summed E-state index contributed by atoms with van der Waals surface area (Å²) in [5, 5.41) is 0. The zero-order valence-electron chi connectivity index (χ0n) is 30.0. The van der Waals surface area contributed by atoms with E-state index in [4.69, 9.17) is 19.9 Å². The summed E-state index contributed by atoms with van der Waals surface area (Å²) in [7, 11) is 0. The summed E-state index contributed by atoms with van der Waals surface area (Å²) in [5.74, 6) is 2.84. The van der Waals surface area contributed by atoms with Crippen LogP contribution in [-0.4, -0.2) is 24.5 Å². The first-order valence-electron chi connectivity index (χ1n) is 18.3. The van der Waals surface area contributed by atoms with Gasteiger partial charge in [0, 0.05) is 33.4 Å². The number of imidazole rings is 1. The number of hydrogen-bond acceptors (Lipinski definition) is 4. The van der Waals surface area contributed by atoms with Crippen molar-refractivity contribution >= 4 is 11.0 Å². The Labute approximate surface area is 314 Å². The molecule has 10 rings (SSSR count). The van der Waals surface area contributed by atoms with Crippen LogP contribution in [0.3, 0.4) is 0 Å². The highest BCUT2D eigenvalue weighted by Crippen LogP contribution is 2.49. The second kappa shape index (κ2) is 12.6. The minimum absolute atomic E-state index is 0.0701. The lowest BCUT2D eigenvalue weighted by atomic mass is 9.82. The van der Waals surface area contributed by atoms with Crippen molar-refractivity contribution in [2.24, 2.45) is 0 Å². The molecule has 0 saturated carbocycles.